The van der Waals surface area contributed by atoms with E-state index in [1.54, 1.807) is 11.3 Å². The van der Waals surface area contributed by atoms with Crippen LogP contribution >= 0.6 is 11.3 Å². The van der Waals surface area contributed by atoms with E-state index in [1.807, 2.05) is 17.5 Å². The monoisotopic (exact) mass is 297 g/mol. The van der Waals surface area contributed by atoms with Crippen LogP contribution in [-0.2, 0) is 6.42 Å². The molecule has 3 aromatic rings. The topological polar surface area (TPSA) is 42.2 Å². The molecular weight excluding hydrogens is 282 g/mol. The van der Waals surface area contributed by atoms with Gasteiger partial charge < -0.3 is 9.42 Å². The van der Waals surface area contributed by atoms with Gasteiger partial charge >= 0.3 is 0 Å². The lowest BCUT2D eigenvalue weighted by atomic mass is 10.2. The Bertz CT molecular complexity index is 750. The van der Waals surface area contributed by atoms with Gasteiger partial charge in [0.15, 0.2) is 0 Å². The Kier molecular flexibility index (Phi) is 3.00. The number of rotatable bonds is 3. The zero-order valence-corrected chi connectivity index (χ0v) is 12.5. The molecule has 2 aromatic heterocycles. The fourth-order valence-electron chi connectivity index (χ4n) is 2.81. The molecule has 0 saturated heterocycles. The van der Waals surface area contributed by atoms with Crippen LogP contribution in [0.25, 0.3) is 10.7 Å². The van der Waals surface area contributed by atoms with Crippen molar-refractivity contribution in [2.45, 2.75) is 19.4 Å². The molecule has 0 N–H and O–H groups in total. The van der Waals surface area contributed by atoms with Gasteiger partial charge in [0.2, 0.25) is 11.7 Å². The smallest absolute Gasteiger partial charge is 0.249 e. The predicted molar refractivity (Wildman–Crippen MR) is 83.5 cm³/mol. The summed E-state index contributed by atoms with van der Waals surface area (Å²) in [6, 6.07) is 12.6. The number of benzene rings is 1. The van der Waals surface area contributed by atoms with E-state index < -0.39 is 0 Å². The summed E-state index contributed by atoms with van der Waals surface area (Å²) in [7, 11) is 0. The molecule has 1 aromatic carbocycles. The Labute approximate surface area is 127 Å². The second-order valence-corrected chi connectivity index (χ2v) is 6.13. The molecule has 0 spiro atoms. The zero-order chi connectivity index (χ0) is 14.2. The highest BCUT2D eigenvalue weighted by Gasteiger charge is 2.27. The number of aromatic nitrogens is 2. The minimum atomic E-state index is 0.0925. The number of hydrogen-bond acceptors (Lipinski definition) is 5. The van der Waals surface area contributed by atoms with Gasteiger partial charge in [-0.15, -0.1) is 11.3 Å². The van der Waals surface area contributed by atoms with Crippen LogP contribution in [0.15, 0.2) is 46.3 Å². The Morgan fingerprint density at radius 3 is 3.00 bits per heavy atom. The van der Waals surface area contributed by atoms with Gasteiger partial charge in [-0.1, -0.05) is 29.4 Å². The van der Waals surface area contributed by atoms with Crippen LogP contribution in [0.4, 0.5) is 5.69 Å². The van der Waals surface area contributed by atoms with Gasteiger partial charge in [0, 0.05) is 12.2 Å². The summed E-state index contributed by atoms with van der Waals surface area (Å²) in [5.41, 5.74) is 2.67. The molecule has 0 saturated carbocycles. The lowest BCUT2D eigenvalue weighted by Gasteiger charge is -2.24. The van der Waals surface area contributed by atoms with Crippen molar-refractivity contribution >= 4 is 17.0 Å². The van der Waals surface area contributed by atoms with E-state index in [9.17, 15) is 0 Å². The van der Waals surface area contributed by atoms with Crippen molar-refractivity contribution in [3.63, 3.8) is 0 Å². The molecule has 0 aliphatic carbocycles. The first-order valence-corrected chi connectivity index (χ1v) is 7.93. The van der Waals surface area contributed by atoms with E-state index in [0.717, 1.165) is 17.8 Å². The highest BCUT2D eigenvalue weighted by molar-refractivity contribution is 7.13. The van der Waals surface area contributed by atoms with Gasteiger partial charge in [-0.3, -0.25) is 0 Å². The van der Waals surface area contributed by atoms with E-state index in [4.69, 9.17) is 4.52 Å². The lowest BCUT2D eigenvalue weighted by Crippen LogP contribution is -2.24. The second-order valence-electron chi connectivity index (χ2n) is 5.18. The fraction of sp³-hybridized carbons (Fsp3) is 0.250. The molecule has 106 valence electrons. The number of nitrogens with zero attached hydrogens (tertiary/aromatic N) is 3. The van der Waals surface area contributed by atoms with Crippen LogP contribution in [0.1, 0.15) is 24.4 Å². The van der Waals surface area contributed by atoms with Gasteiger partial charge in [0.1, 0.15) is 6.04 Å². The highest BCUT2D eigenvalue weighted by atomic mass is 32.1. The summed E-state index contributed by atoms with van der Waals surface area (Å²) in [4.78, 5) is 7.94. The van der Waals surface area contributed by atoms with Crippen LogP contribution in [0.5, 0.6) is 0 Å². The predicted octanol–water partition coefficient (Wildman–Crippen LogP) is 3.92. The molecule has 5 heteroatoms. The summed E-state index contributed by atoms with van der Waals surface area (Å²) in [5.74, 6) is 1.36. The van der Waals surface area contributed by atoms with Gasteiger partial charge in [0.25, 0.3) is 0 Å². The molecule has 21 heavy (non-hydrogen) atoms. The fourth-order valence-corrected chi connectivity index (χ4v) is 3.46. The molecule has 1 aliphatic rings. The summed E-state index contributed by atoms with van der Waals surface area (Å²) < 4.78 is 5.48. The molecule has 4 nitrogen and oxygen atoms in total. The molecule has 0 radical (unpaired) electrons. The van der Waals surface area contributed by atoms with Crippen LogP contribution in [-0.4, -0.2) is 16.7 Å². The molecule has 1 aliphatic heterocycles. The largest absolute Gasteiger partial charge is 0.359 e. The van der Waals surface area contributed by atoms with Crippen molar-refractivity contribution in [1.29, 1.82) is 0 Å². The quantitative estimate of drug-likeness (QED) is 0.735. The number of para-hydroxylation sites is 1. The molecule has 0 unspecified atom stereocenters. The van der Waals surface area contributed by atoms with Crippen molar-refractivity contribution in [3.8, 4) is 10.7 Å². The molecule has 3 heterocycles. The lowest BCUT2D eigenvalue weighted by molar-refractivity contribution is 0.356. The van der Waals surface area contributed by atoms with Crippen LogP contribution in [0.2, 0.25) is 0 Å². The summed E-state index contributed by atoms with van der Waals surface area (Å²) in [5, 5.41) is 6.12. The van der Waals surface area contributed by atoms with Crippen molar-refractivity contribution in [2.24, 2.45) is 0 Å². The van der Waals surface area contributed by atoms with E-state index in [0.29, 0.717) is 11.7 Å². The second kappa shape index (κ2) is 5.00. The Morgan fingerprint density at radius 1 is 1.24 bits per heavy atom. The minimum absolute atomic E-state index is 0.0925. The van der Waals surface area contributed by atoms with Gasteiger partial charge in [-0.05, 0) is 36.4 Å². The number of hydrogen-bond donors (Lipinski definition) is 0. The standard InChI is InChI=1S/C16H15N3OS/c1-11(19-9-8-12-5-2-3-6-13(12)19)16-17-15(18-20-16)14-7-4-10-21-14/h2-7,10-11H,8-9H2,1H3/t11-/m0/s1. The van der Waals surface area contributed by atoms with Crippen LogP contribution < -0.4 is 4.90 Å². The van der Waals surface area contributed by atoms with Crippen molar-refractivity contribution < 1.29 is 4.52 Å². The SMILES string of the molecule is C[C@@H](c1nc(-c2cccs2)no1)N1CCc2ccccc21. The molecule has 0 amide bonds. The molecular formula is C16H15N3OS. The first-order chi connectivity index (χ1) is 10.3. The van der Waals surface area contributed by atoms with E-state index in [1.165, 1.54) is 11.3 Å². The maximum Gasteiger partial charge on any atom is 0.249 e. The normalized spacial score (nSPS) is 15.2. The van der Waals surface area contributed by atoms with Crippen LogP contribution in [0.3, 0.4) is 0 Å². The van der Waals surface area contributed by atoms with Crippen molar-refractivity contribution in [2.75, 3.05) is 11.4 Å². The maximum absolute atomic E-state index is 5.48. The number of fused-ring (bicyclic) bond motifs is 1. The third kappa shape index (κ3) is 2.14. The highest BCUT2D eigenvalue weighted by Crippen LogP contribution is 2.34. The van der Waals surface area contributed by atoms with E-state index in [-0.39, 0.29) is 6.04 Å². The summed E-state index contributed by atoms with van der Waals surface area (Å²) in [6.07, 6.45) is 1.08. The Balaban J connectivity index is 1.63. The molecule has 1 atom stereocenters. The van der Waals surface area contributed by atoms with Gasteiger partial charge in [-0.2, -0.15) is 4.98 Å². The molecule has 0 fully saturated rings. The van der Waals surface area contributed by atoms with Crippen molar-refractivity contribution in [3.05, 3.63) is 53.2 Å². The minimum Gasteiger partial charge on any atom is -0.359 e. The maximum atomic E-state index is 5.48. The number of anilines is 1. The van der Waals surface area contributed by atoms with E-state index >= 15 is 0 Å². The molecule has 4 rings (SSSR count). The van der Waals surface area contributed by atoms with Crippen LogP contribution in [0, 0.1) is 0 Å². The van der Waals surface area contributed by atoms with E-state index in [2.05, 4.69) is 46.2 Å². The zero-order valence-electron chi connectivity index (χ0n) is 11.7. The third-order valence-corrected chi connectivity index (χ3v) is 4.80. The van der Waals surface area contributed by atoms with Crippen molar-refractivity contribution in [1.82, 2.24) is 10.1 Å². The Hall–Kier alpha value is -2.14. The summed E-state index contributed by atoms with van der Waals surface area (Å²) >= 11 is 1.62. The average molecular weight is 297 g/mol. The third-order valence-electron chi connectivity index (χ3n) is 3.93. The van der Waals surface area contributed by atoms with Gasteiger partial charge in [0.05, 0.1) is 4.88 Å². The summed E-state index contributed by atoms with van der Waals surface area (Å²) in [6.45, 7) is 3.12. The average Bonchev–Trinajstić information content (AvgIpc) is 3.25. The first-order valence-electron chi connectivity index (χ1n) is 7.05. The first kappa shape index (κ1) is 12.6. The van der Waals surface area contributed by atoms with Gasteiger partial charge in [-0.25, -0.2) is 0 Å². The number of thiophene rings is 1. The Morgan fingerprint density at radius 2 is 2.14 bits per heavy atom. The molecule has 0 bridgehead atoms.